The summed E-state index contributed by atoms with van der Waals surface area (Å²) in [5, 5.41) is 3.14. The third-order valence-electron chi connectivity index (χ3n) is 0.985. The van der Waals surface area contributed by atoms with Gasteiger partial charge in [0.1, 0.15) is 5.69 Å². The molecule has 58 valence electrons. The molecule has 1 aromatic rings. The number of aromatic nitrogens is 1. The highest BCUT2D eigenvalue weighted by Gasteiger charge is 1.97. The zero-order chi connectivity index (χ0) is 12.5. The lowest BCUT2D eigenvalue weighted by atomic mass is 10.3. The molecule has 0 aliphatic carbocycles. The van der Waals surface area contributed by atoms with Gasteiger partial charge in [-0.1, -0.05) is 6.04 Å². The maximum absolute atomic E-state index is 7.50. The third kappa shape index (κ3) is 1.67. The minimum Gasteiger partial charge on any atom is -0.380 e. The lowest BCUT2D eigenvalue weighted by Gasteiger charge is -1.97. The molecule has 0 aliphatic rings. The van der Waals surface area contributed by atoms with Crippen LogP contribution in [0.5, 0.6) is 0 Å². The molecule has 0 bridgehead atoms. The van der Waals surface area contributed by atoms with Crippen molar-refractivity contribution in [3.63, 3.8) is 0 Å². The van der Waals surface area contributed by atoms with Crippen molar-refractivity contribution in [1.82, 2.24) is 4.98 Å². The maximum Gasteiger partial charge on any atom is 0.168 e. The number of pyridine rings is 1. The summed E-state index contributed by atoms with van der Waals surface area (Å²) in [6.45, 7) is -1.53. The molecule has 4 heteroatoms. The highest BCUT2D eigenvalue weighted by Crippen LogP contribution is 1.96. The van der Waals surface area contributed by atoms with E-state index in [2.05, 4.69) is 10.1 Å². The normalized spacial score (nSPS) is 18.3. The van der Waals surface area contributed by atoms with E-state index in [0.29, 0.717) is 0 Å². The van der Waals surface area contributed by atoms with Gasteiger partial charge in [-0.2, -0.15) is 5.10 Å². The van der Waals surface area contributed by atoms with Gasteiger partial charge in [0.15, 0.2) is 5.84 Å². The first kappa shape index (κ1) is 3.21. The van der Waals surface area contributed by atoms with E-state index in [0.717, 1.165) is 0 Å². The van der Waals surface area contributed by atoms with Crippen LogP contribution in [-0.4, -0.2) is 10.8 Å². The Bertz CT molecular complexity index is 445. The van der Waals surface area contributed by atoms with Gasteiger partial charge in [0.2, 0.25) is 0 Å². The second-order valence-corrected chi connectivity index (χ2v) is 1.73. The van der Waals surface area contributed by atoms with Crippen molar-refractivity contribution in [1.29, 1.82) is 0 Å². The molecule has 4 nitrogen and oxygen atoms in total. The molecule has 0 radical (unpaired) electrons. The molecule has 0 aliphatic heterocycles. The van der Waals surface area contributed by atoms with Crippen molar-refractivity contribution >= 4 is 5.84 Å². The van der Waals surface area contributed by atoms with Gasteiger partial charge in [-0.05, 0) is 19.0 Å². The molecule has 0 aromatic carbocycles. The van der Waals surface area contributed by atoms with Crippen molar-refractivity contribution in [2.45, 2.75) is 6.88 Å². The second-order valence-electron chi connectivity index (χ2n) is 1.73. The number of amidine groups is 1. The topological polar surface area (TPSA) is 77.3 Å². The highest BCUT2D eigenvalue weighted by atomic mass is 15.2. The Morgan fingerprint density at radius 2 is 2.64 bits per heavy atom. The van der Waals surface area contributed by atoms with E-state index in [9.17, 15) is 0 Å². The molecule has 1 aromatic heterocycles. The fourth-order valence-corrected chi connectivity index (χ4v) is 0.513. The van der Waals surface area contributed by atoms with Gasteiger partial charge in [-0.25, -0.2) is 4.98 Å². The molecule has 0 unspecified atom stereocenters. The van der Waals surface area contributed by atoms with Crippen LogP contribution < -0.4 is 11.6 Å². The molecule has 0 atom stereocenters. The molecule has 1 rings (SSSR count). The smallest absolute Gasteiger partial charge is 0.168 e. The Morgan fingerprint density at radius 1 is 1.82 bits per heavy atom. The van der Waals surface area contributed by atoms with Crippen LogP contribution in [0.4, 0.5) is 0 Å². The molecule has 4 N–H and O–H groups in total. The van der Waals surface area contributed by atoms with Crippen LogP contribution in [0.25, 0.3) is 0 Å². The van der Waals surface area contributed by atoms with Crippen LogP contribution in [0, 0.1) is 6.88 Å². The van der Waals surface area contributed by atoms with E-state index < -0.39 is 19.0 Å². The first-order chi connectivity index (χ1) is 7.40. The summed E-state index contributed by atoms with van der Waals surface area (Å²) in [6.07, 6.45) is 0. The molecule has 11 heavy (non-hydrogen) atoms. The summed E-state index contributed by atoms with van der Waals surface area (Å²) in [6, 6.07) is -1.26. The maximum atomic E-state index is 7.50. The number of aryl methyl sites for hydroxylation is 1. The monoisotopic (exact) mass is 160 g/mol. The SMILES string of the molecule is [3H]c1c(C(N)=NN)nc(C([3H])[3H])c([3H])c1[3H]. The molecule has 0 amide bonds. The number of nitrogens with two attached hydrogens (primary N) is 2. The number of nitrogens with zero attached hydrogens (tertiary/aromatic N) is 2. The van der Waals surface area contributed by atoms with E-state index in [-0.39, 0.29) is 23.3 Å². The van der Waals surface area contributed by atoms with Crippen LogP contribution in [0.3, 0.4) is 0 Å². The van der Waals surface area contributed by atoms with Crippen LogP contribution in [0.1, 0.15) is 18.2 Å². The van der Waals surface area contributed by atoms with Crippen LogP contribution in [0.15, 0.2) is 23.2 Å². The summed E-state index contributed by atoms with van der Waals surface area (Å²) in [7, 11) is 0. The Morgan fingerprint density at radius 3 is 3.27 bits per heavy atom. The fraction of sp³-hybridized carbons (Fsp3) is 0.143. The van der Waals surface area contributed by atoms with E-state index >= 15 is 0 Å². The molecule has 0 saturated carbocycles. The molecular weight excluding hydrogens is 140 g/mol. The Balaban J connectivity index is 3.54. The van der Waals surface area contributed by atoms with Gasteiger partial charge in [-0.15, -0.1) is 0 Å². The predicted octanol–water partition coefficient (Wildman–Crippen LogP) is -0.0310. The quantitative estimate of drug-likeness (QED) is 0.262. The Hall–Kier alpha value is -1.58. The summed E-state index contributed by atoms with van der Waals surface area (Å²) in [5.41, 5.74) is 4.93. The Labute approximate surface area is 72.0 Å². The summed E-state index contributed by atoms with van der Waals surface area (Å²) < 4.78 is 36.7. The molecule has 0 saturated heterocycles. The van der Waals surface area contributed by atoms with E-state index in [1.54, 1.807) is 0 Å². The zero-order valence-corrected chi connectivity index (χ0v) is 5.63. The standard InChI is InChI=1S/C7H10N4/c1-5-3-2-4-6(10-5)7(8)11-9/h2-4H,9H2,1H3,(H2,8,11)/i1T2,2T,3T,4T. The number of hydrazone groups is 1. The molecule has 1 heterocycles. The van der Waals surface area contributed by atoms with E-state index in [4.69, 9.17) is 18.4 Å². The number of hydrogen-bond acceptors (Lipinski definition) is 3. The lowest BCUT2D eigenvalue weighted by molar-refractivity contribution is 1.15. The van der Waals surface area contributed by atoms with Gasteiger partial charge in [0, 0.05) is 8.44 Å². The minimum atomic E-state index is -1.53. The van der Waals surface area contributed by atoms with Gasteiger partial charge in [0.25, 0.3) is 0 Å². The summed E-state index contributed by atoms with van der Waals surface area (Å²) in [5.74, 6) is 4.66. The predicted molar refractivity (Wildman–Crippen MR) is 43.9 cm³/mol. The highest BCUT2D eigenvalue weighted by molar-refractivity contribution is 5.95. The summed E-state index contributed by atoms with van der Waals surface area (Å²) in [4.78, 5) is 3.70. The van der Waals surface area contributed by atoms with Gasteiger partial charge in [0.05, 0.1) is 4.11 Å². The fourth-order valence-electron chi connectivity index (χ4n) is 0.513. The average Bonchev–Trinajstić information content (AvgIpc) is 2.25. The number of rotatable bonds is 1. The largest absolute Gasteiger partial charge is 0.380 e. The van der Waals surface area contributed by atoms with E-state index in [1.165, 1.54) is 0 Å². The molecular formula is C7H10N4. The van der Waals surface area contributed by atoms with Crippen molar-refractivity contribution in [3.05, 3.63) is 29.5 Å². The lowest BCUT2D eigenvalue weighted by Crippen LogP contribution is -2.17. The third-order valence-corrected chi connectivity index (χ3v) is 0.985. The van der Waals surface area contributed by atoms with Crippen LogP contribution >= 0.6 is 0 Å². The van der Waals surface area contributed by atoms with Crippen molar-refractivity contribution in [2.24, 2.45) is 16.7 Å². The first-order valence-electron chi connectivity index (χ1n) is 5.41. The summed E-state index contributed by atoms with van der Waals surface area (Å²) >= 11 is 0. The molecule has 0 fully saturated rings. The van der Waals surface area contributed by atoms with Gasteiger partial charge >= 0.3 is 0 Å². The van der Waals surface area contributed by atoms with Crippen LogP contribution in [0.2, 0.25) is 0 Å². The molecule has 0 spiro atoms. The van der Waals surface area contributed by atoms with E-state index in [1.807, 2.05) is 0 Å². The zero-order valence-electron chi connectivity index (χ0n) is 10.6. The van der Waals surface area contributed by atoms with Gasteiger partial charge < -0.3 is 11.6 Å². The number of hydrogen-bond donors (Lipinski definition) is 2. The van der Waals surface area contributed by atoms with Crippen molar-refractivity contribution in [3.8, 4) is 0 Å². The second kappa shape index (κ2) is 3.01. The minimum absolute atomic E-state index is 0.178. The first-order valence-corrected chi connectivity index (χ1v) is 2.76. The Kier molecular flexibility index (Phi) is 0.877. The van der Waals surface area contributed by atoms with Gasteiger partial charge in [-0.3, -0.25) is 0 Å². The average molecular weight is 160 g/mol. The van der Waals surface area contributed by atoms with Crippen molar-refractivity contribution in [2.75, 3.05) is 0 Å². The van der Waals surface area contributed by atoms with Crippen LogP contribution in [-0.2, 0) is 0 Å². The van der Waals surface area contributed by atoms with Crippen molar-refractivity contribution < 1.29 is 6.85 Å².